The minimum Gasteiger partial charge on any atom is -0.505 e. The molecule has 0 radical (unpaired) electrons. The monoisotopic (exact) mass is 383 g/mol. The number of rotatable bonds is 10. The average Bonchev–Trinajstić information content (AvgIpc) is 2.72. The molecule has 0 amide bonds. The first-order valence-electron chi connectivity index (χ1n) is 9.85. The Morgan fingerprint density at radius 1 is 0.929 bits per heavy atom. The van der Waals surface area contributed by atoms with Gasteiger partial charge in [0.25, 0.3) is 0 Å². The molecule has 0 bridgehead atoms. The van der Waals surface area contributed by atoms with E-state index in [0.717, 1.165) is 25.7 Å². The highest BCUT2D eigenvalue weighted by Gasteiger charge is 2.22. The molecule has 0 aliphatic rings. The van der Waals surface area contributed by atoms with Gasteiger partial charge >= 0.3 is 5.97 Å². The number of para-hydroxylation sites is 1. The Kier molecular flexibility index (Phi) is 8.05. The lowest BCUT2D eigenvalue weighted by molar-refractivity contribution is 0.0495. The first-order chi connectivity index (χ1) is 13.5. The SMILES string of the molecule is CCCCCCOC(=O)c1ccccc1C(=O)c1cccc(N(C)CC)c1O. The number of hydrogen-bond donors (Lipinski definition) is 1. The van der Waals surface area contributed by atoms with Crippen LogP contribution in [0.3, 0.4) is 0 Å². The van der Waals surface area contributed by atoms with Crippen LogP contribution >= 0.6 is 0 Å². The molecule has 0 saturated carbocycles. The van der Waals surface area contributed by atoms with Gasteiger partial charge < -0.3 is 14.7 Å². The lowest BCUT2D eigenvalue weighted by Gasteiger charge is -2.19. The molecule has 0 fully saturated rings. The summed E-state index contributed by atoms with van der Waals surface area (Å²) >= 11 is 0. The number of phenolic OH excluding ortho intramolecular Hbond substituents is 1. The highest BCUT2D eigenvalue weighted by Crippen LogP contribution is 2.32. The van der Waals surface area contributed by atoms with Gasteiger partial charge in [0.2, 0.25) is 0 Å². The van der Waals surface area contributed by atoms with E-state index in [1.54, 1.807) is 42.5 Å². The molecule has 1 N–H and O–H groups in total. The Balaban J connectivity index is 2.25. The smallest absolute Gasteiger partial charge is 0.338 e. The third-order valence-corrected chi connectivity index (χ3v) is 4.77. The van der Waals surface area contributed by atoms with Crippen molar-refractivity contribution in [3.05, 3.63) is 59.2 Å². The van der Waals surface area contributed by atoms with Crippen molar-refractivity contribution in [2.45, 2.75) is 39.5 Å². The van der Waals surface area contributed by atoms with E-state index in [9.17, 15) is 14.7 Å². The molecular weight excluding hydrogens is 354 g/mol. The maximum Gasteiger partial charge on any atom is 0.338 e. The van der Waals surface area contributed by atoms with E-state index in [-0.39, 0.29) is 22.4 Å². The summed E-state index contributed by atoms with van der Waals surface area (Å²) in [6.45, 7) is 5.10. The Labute approximate surface area is 166 Å². The molecule has 0 aliphatic heterocycles. The molecule has 0 aliphatic carbocycles. The Hall–Kier alpha value is -2.82. The number of ketones is 1. The molecule has 0 unspecified atom stereocenters. The van der Waals surface area contributed by atoms with Gasteiger partial charge in [0, 0.05) is 19.2 Å². The fourth-order valence-electron chi connectivity index (χ4n) is 2.97. The van der Waals surface area contributed by atoms with E-state index in [1.165, 1.54) is 0 Å². The molecule has 5 nitrogen and oxygen atoms in total. The van der Waals surface area contributed by atoms with Crippen LogP contribution < -0.4 is 4.90 Å². The number of anilines is 1. The number of ether oxygens (including phenoxy) is 1. The van der Waals surface area contributed by atoms with Gasteiger partial charge in [-0.1, -0.05) is 50.5 Å². The summed E-state index contributed by atoms with van der Waals surface area (Å²) in [4.78, 5) is 27.4. The van der Waals surface area contributed by atoms with Gasteiger partial charge in [-0.05, 0) is 31.5 Å². The summed E-state index contributed by atoms with van der Waals surface area (Å²) in [5.41, 5.74) is 1.19. The lowest BCUT2D eigenvalue weighted by atomic mass is 9.97. The van der Waals surface area contributed by atoms with E-state index in [2.05, 4.69) is 6.92 Å². The van der Waals surface area contributed by atoms with Gasteiger partial charge in [-0.15, -0.1) is 0 Å². The standard InChI is InChI=1S/C23H29NO4/c1-4-6-7-10-16-28-23(27)18-13-9-8-12-17(18)21(25)19-14-11-15-20(22(19)26)24(3)5-2/h8-9,11-15,26H,4-7,10,16H2,1-3H3. The predicted molar refractivity (Wildman–Crippen MR) is 111 cm³/mol. The van der Waals surface area contributed by atoms with Crippen molar-refractivity contribution in [3.8, 4) is 5.75 Å². The van der Waals surface area contributed by atoms with Crippen LogP contribution in [-0.4, -0.2) is 37.1 Å². The molecular formula is C23H29NO4. The molecule has 2 aromatic carbocycles. The summed E-state index contributed by atoms with van der Waals surface area (Å²) in [6, 6.07) is 11.6. The van der Waals surface area contributed by atoms with Crippen LogP contribution in [0.5, 0.6) is 5.75 Å². The first-order valence-corrected chi connectivity index (χ1v) is 9.85. The van der Waals surface area contributed by atoms with Gasteiger partial charge in [-0.3, -0.25) is 4.79 Å². The summed E-state index contributed by atoms with van der Waals surface area (Å²) < 4.78 is 5.35. The minimum absolute atomic E-state index is 0.0837. The van der Waals surface area contributed by atoms with Crippen molar-refractivity contribution in [2.24, 2.45) is 0 Å². The van der Waals surface area contributed by atoms with Gasteiger partial charge in [0.05, 0.1) is 23.4 Å². The third kappa shape index (κ3) is 5.12. The summed E-state index contributed by atoms with van der Waals surface area (Å²) in [7, 11) is 1.84. The second-order valence-electron chi connectivity index (χ2n) is 6.76. The Bertz CT molecular complexity index is 816. The molecule has 0 spiro atoms. The van der Waals surface area contributed by atoms with Crippen LogP contribution in [0, 0.1) is 0 Å². The predicted octanol–water partition coefficient (Wildman–Crippen LogP) is 4.82. The summed E-state index contributed by atoms with van der Waals surface area (Å²) in [5, 5.41) is 10.6. The van der Waals surface area contributed by atoms with Gasteiger partial charge in [0.1, 0.15) is 5.75 Å². The summed E-state index contributed by atoms with van der Waals surface area (Å²) in [5.74, 6) is -0.997. The number of aromatic hydroxyl groups is 1. The molecule has 28 heavy (non-hydrogen) atoms. The number of carbonyl (C=O) groups excluding carboxylic acids is 2. The van der Waals surface area contributed by atoms with E-state index >= 15 is 0 Å². The van der Waals surface area contributed by atoms with Crippen LogP contribution in [0.15, 0.2) is 42.5 Å². The number of carbonyl (C=O) groups is 2. The van der Waals surface area contributed by atoms with Crippen molar-refractivity contribution in [1.29, 1.82) is 0 Å². The molecule has 150 valence electrons. The minimum atomic E-state index is -0.512. The van der Waals surface area contributed by atoms with Crippen molar-refractivity contribution < 1.29 is 19.4 Å². The van der Waals surface area contributed by atoms with Crippen LogP contribution in [0.4, 0.5) is 5.69 Å². The van der Waals surface area contributed by atoms with E-state index < -0.39 is 11.8 Å². The van der Waals surface area contributed by atoms with Gasteiger partial charge in [-0.25, -0.2) is 4.79 Å². The fourth-order valence-corrected chi connectivity index (χ4v) is 2.97. The maximum absolute atomic E-state index is 13.1. The van der Waals surface area contributed by atoms with Crippen molar-refractivity contribution >= 4 is 17.4 Å². The number of hydrogen-bond acceptors (Lipinski definition) is 5. The molecule has 2 rings (SSSR count). The average molecular weight is 383 g/mol. The number of benzene rings is 2. The zero-order valence-electron chi connectivity index (χ0n) is 16.9. The molecule has 0 atom stereocenters. The topological polar surface area (TPSA) is 66.8 Å². The summed E-state index contributed by atoms with van der Waals surface area (Å²) in [6.07, 6.45) is 4.04. The molecule has 0 heterocycles. The highest BCUT2D eigenvalue weighted by atomic mass is 16.5. The highest BCUT2D eigenvalue weighted by molar-refractivity contribution is 6.16. The van der Waals surface area contributed by atoms with Crippen molar-refractivity contribution in [2.75, 3.05) is 25.1 Å². The first kappa shape index (κ1) is 21.5. The van der Waals surface area contributed by atoms with E-state index in [4.69, 9.17) is 4.74 Å². The van der Waals surface area contributed by atoms with Crippen LogP contribution in [-0.2, 0) is 4.74 Å². The van der Waals surface area contributed by atoms with Gasteiger partial charge in [0.15, 0.2) is 5.78 Å². The number of esters is 1. The van der Waals surface area contributed by atoms with Crippen molar-refractivity contribution in [1.82, 2.24) is 0 Å². The number of unbranched alkanes of at least 4 members (excludes halogenated alkanes) is 3. The van der Waals surface area contributed by atoms with Crippen molar-refractivity contribution in [3.63, 3.8) is 0 Å². The quantitative estimate of drug-likeness (QED) is 0.362. The fraction of sp³-hybridized carbons (Fsp3) is 0.391. The largest absolute Gasteiger partial charge is 0.505 e. The molecule has 0 saturated heterocycles. The normalized spacial score (nSPS) is 10.5. The lowest BCUT2D eigenvalue weighted by Crippen LogP contribution is -2.17. The van der Waals surface area contributed by atoms with Gasteiger partial charge in [-0.2, -0.15) is 0 Å². The van der Waals surface area contributed by atoms with E-state index in [1.807, 2.05) is 18.9 Å². The van der Waals surface area contributed by atoms with Crippen LogP contribution in [0.1, 0.15) is 65.8 Å². The zero-order valence-corrected chi connectivity index (χ0v) is 16.9. The maximum atomic E-state index is 13.1. The Morgan fingerprint density at radius 3 is 2.29 bits per heavy atom. The van der Waals surface area contributed by atoms with Crippen LogP contribution in [0.25, 0.3) is 0 Å². The van der Waals surface area contributed by atoms with E-state index in [0.29, 0.717) is 18.8 Å². The molecule has 0 aromatic heterocycles. The number of phenols is 1. The molecule has 5 heteroatoms. The zero-order chi connectivity index (χ0) is 20.5. The second kappa shape index (κ2) is 10.5. The Morgan fingerprint density at radius 2 is 1.61 bits per heavy atom. The van der Waals surface area contributed by atoms with Crippen LogP contribution in [0.2, 0.25) is 0 Å². The molecule has 2 aromatic rings. The second-order valence-corrected chi connectivity index (χ2v) is 6.76. The number of nitrogens with zero attached hydrogens (tertiary/aromatic N) is 1. The third-order valence-electron chi connectivity index (χ3n) is 4.77.